The van der Waals surface area contributed by atoms with Crippen molar-refractivity contribution in [3.63, 3.8) is 0 Å². The number of halogens is 1. The first-order valence-corrected chi connectivity index (χ1v) is 12.6. The second-order valence-electron chi connectivity index (χ2n) is 10.0. The molecule has 0 N–H and O–H groups in total. The fourth-order valence-electron chi connectivity index (χ4n) is 6.77. The number of para-hydroxylation sites is 1. The summed E-state index contributed by atoms with van der Waals surface area (Å²) in [4.78, 5) is 45.3. The van der Waals surface area contributed by atoms with Crippen LogP contribution in [-0.2, 0) is 0 Å². The Bertz CT molecular complexity index is 1640. The second-order valence-corrected chi connectivity index (χ2v) is 10.0. The minimum Gasteiger partial charge on any atom is -0.352 e. The van der Waals surface area contributed by atoms with E-state index in [0.717, 1.165) is 11.3 Å². The fourth-order valence-corrected chi connectivity index (χ4v) is 6.77. The predicted molar refractivity (Wildman–Crippen MR) is 143 cm³/mol. The number of anilines is 1. The molecule has 0 bridgehead atoms. The summed E-state index contributed by atoms with van der Waals surface area (Å²) in [6, 6.07) is 27.9. The van der Waals surface area contributed by atoms with Crippen LogP contribution in [0, 0.1) is 11.2 Å². The summed E-state index contributed by atoms with van der Waals surface area (Å²) in [5, 5.41) is 0. The van der Waals surface area contributed by atoms with Crippen molar-refractivity contribution in [3.8, 4) is 0 Å². The summed E-state index contributed by atoms with van der Waals surface area (Å²) < 4.78 is 15.1. The zero-order chi connectivity index (χ0) is 26.0. The third-order valence-electron chi connectivity index (χ3n) is 8.28. The Morgan fingerprint density at radius 2 is 1.34 bits per heavy atom. The minimum absolute atomic E-state index is 0.0586. The smallest absolute Gasteiger partial charge is 0.188 e. The van der Waals surface area contributed by atoms with Crippen molar-refractivity contribution in [1.29, 1.82) is 0 Å². The molecular formula is C33H22FNO3. The molecule has 3 aliphatic rings. The highest BCUT2D eigenvalue weighted by Gasteiger charge is 2.71. The van der Waals surface area contributed by atoms with Crippen LogP contribution in [0.15, 0.2) is 109 Å². The van der Waals surface area contributed by atoms with Gasteiger partial charge in [0.2, 0.25) is 0 Å². The molecule has 1 aliphatic carbocycles. The molecule has 4 aromatic rings. The predicted octanol–water partition coefficient (Wildman–Crippen LogP) is 6.14. The maximum absolute atomic E-state index is 15.1. The largest absolute Gasteiger partial charge is 0.352 e. The Hall–Kier alpha value is -4.64. The van der Waals surface area contributed by atoms with Crippen molar-refractivity contribution in [2.75, 3.05) is 4.90 Å². The lowest BCUT2D eigenvalue weighted by Crippen LogP contribution is -2.48. The van der Waals surface area contributed by atoms with Crippen LogP contribution in [0.1, 0.15) is 48.1 Å². The number of nitrogens with zero attached hydrogens (tertiary/aromatic N) is 1. The summed E-state index contributed by atoms with van der Waals surface area (Å²) in [6.07, 6.45) is 3.79. The molecule has 184 valence electrons. The van der Waals surface area contributed by atoms with E-state index in [2.05, 4.69) is 0 Å². The van der Waals surface area contributed by atoms with E-state index in [0.29, 0.717) is 16.7 Å². The number of hydrogen-bond donors (Lipinski definition) is 0. The molecule has 0 saturated carbocycles. The van der Waals surface area contributed by atoms with E-state index in [4.69, 9.17) is 0 Å². The van der Waals surface area contributed by atoms with Crippen LogP contribution < -0.4 is 4.90 Å². The molecule has 7 rings (SSSR count). The van der Waals surface area contributed by atoms with Gasteiger partial charge in [-0.15, -0.1) is 0 Å². The lowest BCUT2D eigenvalue weighted by atomic mass is 9.64. The van der Waals surface area contributed by atoms with Crippen molar-refractivity contribution in [3.05, 3.63) is 143 Å². The average molecular weight is 500 g/mol. The molecule has 0 aromatic heterocycles. The highest BCUT2D eigenvalue weighted by atomic mass is 19.1. The summed E-state index contributed by atoms with van der Waals surface area (Å²) in [6.45, 7) is 0. The van der Waals surface area contributed by atoms with Gasteiger partial charge in [-0.1, -0.05) is 97.1 Å². The van der Waals surface area contributed by atoms with Crippen molar-refractivity contribution in [2.24, 2.45) is 5.41 Å². The van der Waals surface area contributed by atoms with Crippen LogP contribution in [0.5, 0.6) is 0 Å². The third kappa shape index (κ3) is 2.81. The lowest BCUT2D eigenvalue weighted by Gasteiger charge is -2.37. The molecule has 1 spiro atoms. The van der Waals surface area contributed by atoms with Crippen LogP contribution in [-0.4, -0.2) is 29.4 Å². The van der Waals surface area contributed by atoms with Gasteiger partial charge in [0.15, 0.2) is 17.3 Å². The maximum Gasteiger partial charge on any atom is 0.188 e. The van der Waals surface area contributed by atoms with Gasteiger partial charge < -0.3 is 4.90 Å². The Balaban J connectivity index is 1.56. The van der Waals surface area contributed by atoms with E-state index in [9.17, 15) is 14.4 Å². The van der Waals surface area contributed by atoms with Crippen molar-refractivity contribution in [1.82, 2.24) is 0 Å². The van der Waals surface area contributed by atoms with Gasteiger partial charge in [0.25, 0.3) is 0 Å². The number of rotatable bonds is 3. The van der Waals surface area contributed by atoms with Crippen LogP contribution in [0.3, 0.4) is 0 Å². The van der Waals surface area contributed by atoms with Gasteiger partial charge in [0.05, 0.1) is 11.6 Å². The van der Waals surface area contributed by atoms with Gasteiger partial charge >= 0.3 is 0 Å². The highest BCUT2D eigenvalue weighted by Crippen LogP contribution is 2.60. The maximum atomic E-state index is 15.1. The monoisotopic (exact) mass is 499 g/mol. The van der Waals surface area contributed by atoms with E-state index >= 15 is 4.39 Å². The molecular weight excluding hydrogens is 477 g/mol. The number of carbonyl (C=O) groups excluding carboxylic acids is 3. The first-order valence-electron chi connectivity index (χ1n) is 12.6. The fraction of sp³-hybridized carbons (Fsp3) is 0.121. The Kier molecular flexibility index (Phi) is 4.86. The zero-order valence-corrected chi connectivity index (χ0v) is 20.3. The molecule has 4 aromatic carbocycles. The van der Waals surface area contributed by atoms with Gasteiger partial charge in [0, 0.05) is 22.7 Å². The van der Waals surface area contributed by atoms with Crippen LogP contribution in [0.25, 0.3) is 6.08 Å². The van der Waals surface area contributed by atoms with E-state index < -0.39 is 35.0 Å². The second kappa shape index (κ2) is 8.18. The summed E-state index contributed by atoms with van der Waals surface area (Å²) >= 11 is 0. The molecule has 3 atom stereocenters. The first kappa shape index (κ1) is 22.5. The number of ketones is 3. The molecule has 0 amide bonds. The topological polar surface area (TPSA) is 54.5 Å². The van der Waals surface area contributed by atoms with Gasteiger partial charge in [-0.3, -0.25) is 14.4 Å². The van der Waals surface area contributed by atoms with Crippen molar-refractivity contribution < 1.29 is 18.8 Å². The lowest BCUT2D eigenvalue weighted by molar-refractivity contribution is 0.0666. The molecule has 38 heavy (non-hydrogen) atoms. The SMILES string of the molecule is O=C(c1ccccc1F)[C@H]1[C@H](c2ccccc2)C2(C(=O)c3ccccc3C2=O)[C@@H]2C=Cc3ccccc3N21. The zero-order valence-electron chi connectivity index (χ0n) is 20.3. The third-order valence-corrected chi connectivity index (χ3v) is 8.28. The molecule has 2 aliphatic heterocycles. The molecule has 5 heteroatoms. The Morgan fingerprint density at radius 1 is 0.737 bits per heavy atom. The van der Waals surface area contributed by atoms with Gasteiger partial charge in [-0.05, 0) is 29.3 Å². The van der Waals surface area contributed by atoms with Crippen LogP contribution >= 0.6 is 0 Å². The summed E-state index contributed by atoms with van der Waals surface area (Å²) in [5.74, 6) is -2.52. The van der Waals surface area contributed by atoms with E-state index in [-0.39, 0.29) is 17.1 Å². The van der Waals surface area contributed by atoms with E-state index in [1.54, 1.807) is 36.4 Å². The highest BCUT2D eigenvalue weighted by molar-refractivity contribution is 6.32. The average Bonchev–Trinajstić information content (AvgIpc) is 3.40. The quantitative estimate of drug-likeness (QED) is 0.251. The van der Waals surface area contributed by atoms with E-state index in [1.807, 2.05) is 71.6 Å². The molecule has 2 heterocycles. The number of fused-ring (bicyclic) bond motifs is 5. The minimum atomic E-state index is -1.58. The Morgan fingerprint density at radius 3 is 2.05 bits per heavy atom. The van der Waals surface area contributed by atoms with Gasteiger partial charge in [-0.25, -0.2) is 4.39 Å². The van der Waals surface area contributed by atoms with Crippen molar-refractivity contribution >= 4 is 29.1 Å². The van der Waals surface area contributed by atoms with Crippen LogP contribution in [0.2, 0.25) is 0 Å². The Labute approximate surface area is 219 Å². The van der Waals surface area contributed by atoms with Gasteiger partial charge in [0.1, 0.15) is 17.3 Å². The number of benzene rings is 4. The molecule has 4 nitrogen and oxygen atoms in total. The van der Waals surface area contributed by atoms with Gasteiger partial charge in [-0.2, -0.15) is 0 Å². The number of carbonyl (C=O) groups is 3. The van der Waals surface area contributed by atoms with E-state index in [1.165, 1.54) is 12.1 Å². The molecule has 1 saturated heterocycles. The molecule has 0 radical (unpaired) electrons. The molecule has 1 fully saturated rings. The number of hydrogen-bond acceptors (Lipinski definition) is 4. The number of Topliss-reactive ketones (excluding diaryl/α,β-unsaturated/α-hetero) is 3. The first-order chi connectivity index (χ1) is 18.5. The van der Waals surface area contributed by atoms with Crippen molar-refractivity contribution in [2.45, 2.75) is 18.0 Å². The molecule has 0 unspecified atom stereocenters. The summed E-state index contributed by atoms with van der Waals surface area (Å²) in [7, 11) is 0. The standard InChI is InChI=1S/C33H22FNO3/c34-25-16-8-7-15-24(25)30(36)29-28(21-11-2-1-3-12-21)33(31(37)22-13-5-6-14-23(22)32(33)38)27-19-18-20-10-4-9-17-26(20)35(27)29/h1-19,27-29H/t27-,28-,29+/m0/s1. The normalized spacial score (nSPS) is 22.3. The summed E-state index contributed by atoms with van der Waals surface area (Å²) in [5.41, 5.74) is 1.39. The van der Waals surface area contributed by atoms with Crippen LogP contribution in [0.4, 0.5) is 10.1 Å².